The molecule has 0 aliphatic heterocycles. The van der Waals surface area contributed by atoms with Gasteiger partial charge in [0, 0.05) is 5.92 Å². The molecule has 0 saturated heterocycles. The van der Waals surface area contributed by atoms with Crippen molar-refractivity contribution in [3.63, 3.8) is 0 Å². The van der Waals surface area contributed by atoms with Crippen LogP contribution in [0.2, 0.25) is 0 Å². The predicted octanol–water partition coefficient (Wildman–Crippen LogP) is 2.14. The Labute approximate surface area is 63.1 Å². The Bertz CT molecular complexity index is 134. The molecule has 0 heterocycles. The van der Waals surface area contributed by atoms with Crippen molar-refractivity contribution in [3.05, 3.63) is 24.3 Å². The molecule has 0 spiro atoms. The molecule has 0 saturated carbocycles. The van der Waals surface area contributed by atoms with E-state index in [4.69, 9.17) is 5.11 Å². The van der Waals surface area contributed by atoms with E-state index < -0.39 is 0 Å². The van der Waals surface area contributed by atoms with Crippen molar-refractivity contribution in [1.29, 1.82) is 0 Å². The van der Waals surface area contributed by atoms with Crippen molar-refractivity contribution >= 4 is 0 Å². The van der Waals surface area contributed by atoms with Gasteiger partial charge in [0.25, 0.3) is 0 Å². The fraction of sp³-hybridized carbons (Fsp3) is 0.556. The molecule has 0 aliphatic carbocycles. The summed E-state index contributed by atoms with van der Waals surface area (Å²) in [5, 5.41) is 9.09. The molecule has 0 amide bonds. The minimum absolute atomic E-state index is 0.220. The summed E-state index contributed by atoms with van der Waals surface area (Å²) in [6.07, 6.45) is 3.53. The molecule has 58 valence electrons. The van der Waals surface area contributed by atoms with Crippen LogP contribution in [0.25, 0.3) is 0 Å². The Morgan fingerprint density at radius 2 is 2.00 bits per heavy atom. The molecule has 0 radical (unpaired) electrons. The number of allylic oxidation sites excluding steroid dienone is 2. The summed E-state index contributed by atoms with van der Waals surface area (Å²) in [6, 6.07) is 0. The monoisotopic (exact) mass is 140 g/mol. The first kappa shape index (κ1) is 9.44. The van der Waals surface area contributed by atoms with Crippen molar-refractivity contribution in [2.24, 2.45) is 5.92 Å². The Morgan fingerprint density at radius 3 is 2.30 bits per heavy atom. The van der Waals surface area contributed by atoms with Gasteiger partial charge in [-0.2, -0.15) is 0 Å². The summed E-state index contributed by atoms with van der Waals surface area (Å²) in [5.41, 5.74) is 1.12. The quantitative estimate of drug-likeness (QED) is 0.595. The zero-order valence-corrected chi connectivity index (χ0v) is 6.96. The Morgan fingerprint density at radius 1 is 1.50 bits per heavy atom. The number of aliphatic hydroxyl groups excluding tert-OH is 1. The van der Waals surface area contributed by atoms with Gasteiger partial charge in [0.1, 0.15) is 0 Å². The Balaban J connectivity index is 3.98. The zero-order chi connectivity index (χ0) is 8.15. The molecule has 0 rings (SSSR count). The minimum Gasteiger partial charge on any atom is -0.393 e. The van der Waals surface area contributed by atoms with E-state index >= 15 is 0 Å². The van der Waals surface area contributed by atoms with Crippen LogP contribution in [0.15, 0.2) is 24.3 Å². The molecule has 1 nitrogen and oxygen atoms in total. The van der Waals surface area contributed by atoms with Crippen LogP contribution in [-0.4, -0.2) is 11.2 Å². The Hall–Kier alpha value is -0.560. The number of hydrogen-bond donors (Lipinski definition) is 1. The molecule has 0 aromatic carbocycles. The lowest BCUT2D eigenvalue weighted by Crippen LogP contribution is -2.10. The first-order chi connectivity index (χ1) is 4.57. The van der Waals surface area contributed by atoms with Gasteiger partial charge in [-0.3, -0.25) is 0 Å². The molecule has 0 aromatic rings. The van der Waals surface area contributed by atoms with Gasteiger partial charge in [0.05, 0.1) is 6.10 Å². The van der Waals surface area contributed by atoms with E-state index in [1.165, 1.54) is 0 Å². The predicted molar refractivity (Wildman–Crippen MR) is 44.8 cm³/mol. The fourth-order valence-corrected chi connectivity index (χ4v) is 0.622. The number of aliphatic hydroxyl groups is 1. The molecule has 0 aliphatic rings. The van der Waals surface area contributed by atoms with Crippen LogP contribution in [0.1, 0.15) is 20.8 Å². The van der Waals surface area contributed by atoms with Crippen LogP contribution in [0.4, 0.5) is 0 Å². The second kappa shape index (κ2) is 4.29. The molecule has 2 atom stereocenters. The van der Waals surface area contributed by atoms with E-state index in [9.17, 15) is 0 Å². The van der Waals surface area contributed by atoms with Crippen molar-refractivity contribution < 1.29 is 5.11 Å². The average molecular weight is 140 g/mol. The van der Waals surface area contributed by atoms with Crippen LogP contribution in [0.3, 0.4) is 0 Å². The van der Waals surface area contributed by atoms with E-state index in [1.54, 1.807) is 13.0 Å². The molecule has 1 N–H and O–H groups in total. The maximum atomic E-state index is 9.09. The van der Waals surface area contributed by atoms with Gasteiger partial charge in [-0.1, -0.05) is 31.2 Å². The van der Waals surface area contributed by atoms with E-state index in [1.807, 2.05) is 19.9 Å². The summed E-state index contributed by atoms with van der Waals surface area (Å²) in [5.74, 6) is 0.220. The van der Waals surface area contributed by atoms with Crippen molar-refractivity contribution in [1.82, 2.24) is 0 Å². The molecule has 1 unspecified atom stereocenters. The van der Waals surface area contributed by atoms with Crippen molar-refractivity contribution in [2.75, 3.05) is 0 Å². The minimum atomic E-state index is -0.269. The third-order valence-electron chi connectivity index (χ3n) is 1.61. The molecule has 0 bridgehead atoms. The largest absolute Gasteiger partial charge is 0.393 e. The van der Waals surface area contributed by atoms with E-state index in [-0.39, 0.29) is 12.0 Å². The molecule has 1 heteroatoms. The van der Waals surface area contributed by atoms with Gasteiger partial charge in [-0.25, -0.2) is 0 Å². The van der Waals surface area contributed by atoms with E-state index in [2.05, 4.69) is 6.58 Å². The number of rotatable bonds is 3. The second-order valence-corrected chi connectivity index (χ2v) is 2.71. The van der Waals surface area contributed by atoms with Crippen molar-refractivity contribution in [2.45, 2.75) is 26.9 Å². The lowest BCUT2D eigenvalue weighted by atomic mass is 10.0. The molecular formula is C9H16O. The Kier molecular flexibility index (Phi) is 4.05. The smallest absolute Gasteiger partial charge is 0.0572 e. The first-order valence-corrected chi connectivity index (χ1v) is 3.57. The normalized spacial score (nSPS) is 18.2. The van der Waals surface area contributed by atoms with Gasteiger partial charge < -0.3 is 5.11 Å². The second-order valence-electron chi connectivity index (χ2n) is 2.71. The standard InChI is InChI=1S/C9H16O/c1-5-7(2)6-8(3)9(4)10/h5-6,8-10H,1H2,2-4H3/b7-6+/t8-,9?/m0/s1. The zero-order valence-electron chi connectivity index (χ0n) is 6.96. The molecule has 0 fully saturated rings. The third kappa shape index (κ3) is 3.46. The molecule has 10 heavy (non-hydrogen) atoms. The maximum absolute atomic E-state index is 9.09. The highest BCUT2D eigenvalue weighted by Gasteiger charge is 2.03. The summed E-state index contributed by atoms with van der Waals surface area (Å²) in [4.78, 5) is 0. The molecular weight excluding hydrogens is 124 g/mol. The molecule has 0 aromatic heterocycles. The summed E-state index contributed by atoms with van der Waals surface area (Å²) in [6.45, 7) is 9.37. The van der Waals surface area contributed by atoms with Crippen LogP contribution < -0.4 is 0 Å². The third-order valence-corrected chi connectivity index (χ3v) is 1.61. The summed E-state index contributed by atoms with van der Waals surface area (Å²) < 4.78 is 0. The van der Waals surface area contributed by atoms with E-state index in [0.717, 1.165) is 5.57 Å². The van der Waals surface area contributed by atoms with Gasteiger partial charge in [-0.05, 0) is 13.8 Å². The maximum Gasteiger partial charge on any atom is 0.0572 e. The highest BCUT2D eigenvalue weighted by molar-refractivity contribution is 5.14. The first-order valence-electron chi connectivity index (χ1n) is 3.57. The average Bonchev–Trinajstić information content (AvgIpc) is 1.87. The number of hydrogen-bond acceptors (Lipinski definition) is 1. The highest BCUT2D eigenvalue weighted by atomic mass is 16.3. The van der Waals surface area contributed by atoms with Crippen LogP contribution in [0.5, 0.6) is 0 Å². The van der Waals surface area contributed by atoms with Crippen LogP contribution in [-0.2, 0) is 0 Å². The van der Waals surface area contributed by atoms with Crippen molar-refractivity contribution in [3.8, 4) is 0 Å². The summed E-state index contributed by atoms with van der Waals surface area (Å²) in [7, 11) is 0. The van der Waals surface area contributed by atoms with E-state index in [0.29, 0.717) is 0 Å². The highest BCUT2D eigenvalue weighted by Crippen LogP contribution is 2.07. The fourth-order valence-electron chi connectivity index (χ4n) is 0.622. The lowest BCUT2D eigenvalue weighted by Gasteiger charge is -2.09. The SMILES string of the molecule is C=C/C(C)=C/[C@H](C)C(C)O. The van der Waals surface area contributed by atoms with Gasteiger partial charge in [-0.15, -0.1) is 0 Å². The van der Waals surface area contributed by atoms with Gasteiger partial charge >= 0.3 is 0 Å². The van der Waals surface area contributed by atoms with Crippen LogP contribution in [0, 0.1) is 5.92 Å². The van der Waals surface area contributed by atoms with Crippen LogP contribution >= 0.6 is 0 Å². The summed E-state index contributed by atoms with van der Waals surface area (Å²) >= 11 is 0. The topological polar surface area (TPSA) is 20.2 Å². The van der Waals surface area contributed by atoms with Gasteiger partial charge in [0.15, 0.2) is 0 Å². The van der Waals surface area contributed by atoms with Gasteiger partial charge in [0.2, 0.25) is 0 Å². The lowest BCUT2D eigenvalue weighted by molar-refractivity contribution is 0.157.